The third-order valence-electron chi connectivity index (χ3n) is 2.19. The molecule has 2 rings (SSSR count). The molecule has 0 aliphatic heterocycles. The normalized spacial score (nSPS) is 10.3. The largest absolute Gasteiger partial charge is 0.461 e. The fraction of sp³-hybridized carbons (Fsp3) is 0.231. The van der Waals surface area contributed by atoms with Crippen molar-refractivity contribution >= 4 is 29.1 Å². The molecule has 1 aromatic carbocycles. The van der Waals surface area contributed by atoms with E-state index in [9.17, 15) is 4.79 Å². The van der Waals surface area contributed by atoms with Gasteiger partial charge < -0.3 is 4.74 Å². The molecule has 94 valence electrons. The quantitative estimate of drug-likeness (QED) is 0.798. The maximum Gasteiger partial charge on any atom is 0.358 e. The molecule has 0 aliphatic rings. The summed E-state index contributed by atoms with van der Waals surface area (Å²) in [5, 5.41) is 0. The maximum absolute atomic E-state index is 11.6. The number of ether oxygens (including phenoxy) is 1. The Hall–Kier alpha value is -1.33. The summed E-state index contributed by atoms with van der Waals surface area (Å²) in [7, 11) is 0. The Morgan fingerprint density at radius 2 is 2.11 bits per heavy atom. The number of thiazole rings is 1. The third kappa shape index (κ3) is 3.11. The van der Waals surface area contributed by atoms with E-state index in [0.717, 1.165) is 14.1 Å². The van der Waals surface area contributed by atoms with E-state index in [0.29, 0.717) is 12.3 Å². The molecule has 2 aromatic rings. The van der Waals surface area contributed by atoms with Gasteiger partial charge in [0.1, 0.15) is 0 Å². The summed E-state index contributed by atoms with van der Waals surface area (Å²) in [4.78, 5) is 18.0. The molecule has 0 saturated carbocycles. The molecular weight excluding hydrogens is 266 g/mol. The predicted molar refractivity (Wildman–Crippen MR) is 73.4 cm³/mol. The lowest BCUT2D eigenvalue weighted by Gasteiger charge is -1.98. The van der Waals surface area contributed by atoms with E-state index in [1.807, 2.05) is 37.3 Å². The van der Waals surface area contributed by atoms with Crippen molar-refractivity contribution in [2.45, 2.75) is 23.1 Å². The molecule has 0 amide bonds. The van der Waals surface area contributed by atoms with Crippen molar-refractivity contribution < 1.29 is 9.53 Å². The second-order valence-corrected chi connectivity index (χ2v) is 6.04. The molecule has 0 bridgehead atoms. The number of esters is 1. The van der Waals surface area contributed by atoms with Crippen molar-refractivity contribution in [2.24, 2.45) is 0 Å². The Labute approximate surface area is 114 Å². The summed E-state index contributed by atoms with van der Waals surface area (Å²) in [6.07, 6.45) is 0. The van der Waals surface area contributed by atoms with E-state index in [2.05, 4.69) is 4.98 Å². The van der Waals surface area contributed by atoms with Gasteiger partial charge in [0.05, 0.1) is 6.61 Å². The highest BCUT2D eigenvalue weighted by Gasteiger charge is 2.16. The van der Waals surface area contributed by atoms with Crippen molar-refractivity contribution in [1.29, 1.82) is 0 Å². The molecule has 5 heteroatoms. The predicted octanol–water partition coefficient (Wildman–Crippen LogP) is 3.78. The summed E-state index contributed by atoms with van der Waals surface area (Å²) < 4.78 is 5.83. The van der Waals surface area contributed by atoms with E-state index in [1.165, 1.54) is 11.3 Å². The van der Waals surface area contributed by atoms with Crippen LogP contribution in [0.3, 0.4) is 0 Å². The van der Waals surface area contributed by atoms with Crippen molar-refractivity contribution in [1.82, 2.24) is 4.98 Å². The average molecular weight is 279 g/mol. The van der Waals surface area contributed by atoms with Gasteiger partial charge in [-0.15, -0.1) is 11.3 Å². The van der Waals surface area contributed by atoms with Crippen molar-refractivity contribution in [3.05, 3.63) is 40.9 Å². The Morgan fingerprint density at radius 1 is 1.39 bits per heavy atom. The molecule has 0 fully saturated rings. The zero-order chi connectivity index (χ0) is 13.0. The van der Waals surface area contributed by atoms with Crippen LogP contribution < -0.4 is 0 Å². The first-order valence-corrected chi connectivity index (χ1v) is 7.21. The summed E-state index contributed by atoms with van der Waals surface area (Å²) in [6.45, 7) is 4.05. The minimum absolute atomic E-state index is 0.342. The molecule has 3 nitrogen and oxygen atoms in total. The van der Waals surface area contributed by atoms with E-state index >= 15 is 0 Å². The Bertz CT molecular complexity index is 537. The number of carbonyl (C=O) groups excluding carboxylic acids is 1. The van der Waals surface area contributed by atoms with Gasteiger partial charge in [-0.05, 0) is 26.0 Å². The molecule has 0 aliphatic carbocycles. The number of nitrogens with zero attached hydrogens (tertiary/aromatic N) is 1. The summed E-state index contributed by atoms with van der Waals surface area (Å²) in [5.41, 5.74) is 0.431. The first-order chi connectivity index (χ1) is 8.70. The second-order valence-electron chi connectivity index (χ2n) is 3.52. The second kappa shape index (κ2) is 6.02. The number of rotatable bonds is 4. The molecule has 0 spiro atoms. The minimum atomic E-state index is -0.342. The number of carbonyl (C=O) groups is 1. The molecule has 1 aromatic heterocycles. The summed E-state index contributed by atoms with van der Waals surface area (Å²) in [5.74, 6) is -0.342. The van der Waals surface area contributed by atoms with Gasteiger partial charge in [0.25, 0.3) is 0 Å². The fourth-order valence-corrected chi connectivity index (χ4v) is 3.48. The van der Waals surface area contributed by atoms with Crippen LogP contribution in [0, 0.1) is 6.92 Å². The number of benzene rings is 1. The van der Waals surface area contributed by atoms with Gasteiger partial charge in [0.2, 0.25) is 0 Å². The molecular formula is C13H13NO2S2. The summed E-state index contributed by atoms with van der Waals surface area (Å²) in [6, 6.07) is 9.97. The standard InChI is InChI=1S/C13H13NO2S2/c1-3-16-12(15)11-9(2)17-13(14-11)18-10-7-5-4-6-8-10/h4-8H,3H2,1-2H3. The zero-order valence-electron chi connectivity index (χ0n) is 10.2. The molecule has 0 atom stereocenters. The highest BCUT2D eigenvalue weighted by atomic mass is 32.2. The number of aromatic nitrogens is 1. The van der Waals surface area contributed by atoms with Crippen LogP contribution in [0.1, 0.15) is 22.3 Å². The first-order valence-electron chi connectivity index (χ1n) is 5.58. The monoisotopic (exact) mass is 279 g/mol. The van der Waals surface area contributed by atoms with E-state index in [4.69, 9.17) is 4.74 Å². The fourth-order valence-electron chi connectivity index (χ4n) is 1.39. The van der Waals surface area contributed by atoms with Crippen molar-refractivity contribution in [3.8, 4) is 0 Å². The Balaban J connectivity index is 2.16. The SMILES string of the molecule is CCOC(=O)c1nc(Sc2ccccc2)sc1C. The van der Waals surface area contributed by atoms with E-state index in [1.54, 1.807) is 18.7 Å². The average Bonchev–Trinajstić information content (AvgIpc) is 2.72. The lowest BCUT2D eigenvalue weighted by Crippen LogP contribution is -2.06. The van der Waals surface area contributed by atoms with Gasteiger partial charge in [0.15, 0.2) is 10.0 Å². The molecule has 0 N–H and O–H groups in total. The van der Waals surface area contributed by atoms with Crippen molar-refractivity contribution in [2.75, 3.05) is 6.61 Å². The first kappa shape index (κ1) is 13.1. The van der Waals surface area contributed by atoms with Crippen LogP contribution in [-0.4, -0.2) is 17.6 Å². The van der Waals surface area contributed by atoms with Gasteiger partial charge in [-0.3, -0.25) is 0 Å². The zero-order valence-corrected chi connectivity index (χ0v) is 11.8. The van der Waals surface area contributed by atoms with Crippen LogP contribution in [0.2, 0.25) is 0 Å². The molecule has 0 unspecified atom stereocenters. The lowest BCUT2D eigenvalue weighted by atomic mass is 10.4. The molecule has 18 heavy (non-hydrogen) atoms. The van der Waals surface area contributed by atoms with Gasteiger partial charge in [-0.1, -0.05) is 30.0 Å². The van der Waals surface area contributed by atoms with Crippen LogP contribution in [0.5, 0.6) is 0 Å². The summed E-state index contributed by atoms with van der Waals surface area (Å²) >= 11 is 3.07. The smallest absolute Gasteiger partial charge is 0.358 e. The van der Waals surface area contributed by atoms with Gasteiger partial charge in [-0.2, -0.15) is 0 Å². The van der Waals surface area contributed by atoms with E-state index < -0.39 is 0 Å². The topological polar surface area (TPSA) is 39.2 Å². The highest BCUT2D eigenvalue weighted by Crippen LogP contribution is 2.32. The van der Waals surface area contributed by atoms with Crippen LogP contribution in [-0.2, 0) is 4.74 Å². The Kier molecular flexibility index (Phi) is 4.38. The van der Waals surface area contributed by atoms with Gasteiger partial charge in [-0.25, -0.2) is 9.78 Å². The molecule has 0 saturated heterocycles. The number of aryl methyl sites for hydroxylation is 1. The molecule has 1 heterocycles. The third-order valence-corrected chi connectivity index (χ3v) is 4.23. The van der Waals surface area contributed by atoms with Crippen LogP contribution in [0.15, 0.2) is 39.6 Å². The van der Waals surface area contributed by atoms with Gasteiger partial charge in [0, 0.05) is 9.77 Å². The molecule has 0 radical (unpaired) electrons. The van der Waals surface area contributed by atoms with Crippen molar-refractivity contribution in [3.63, 3.8) is 0 Å². The Morgan fingerprint density at radius 3 is 2.78 bits per heavy atom. The minimum Gasteiger partial charge on any atom is -0.461 e. The van der Waals surface area contributed by atoms with Gasteiger partial charge >= 0.3 is 5.97 Å². The number of hydrogen-bond acceptors (Lipinski definition) is 5. The van der Waals surface area contributed by atoms with Crippen LogP contribution in [0.4, 0.5) is 0 Å². The maximum atomic E-state index is 11.6. The van der Waals surface area contributed by atoms with E-state index in [-0.39, 0.29) is 5.97 Å². The lowest BCUT2D eigenvalue weighted by molar-refractivity contribution is 0.0519. The van der Waals surface area contributed by atoms with Crippen LogP contribution >= 0.6 is 23.1 Å². The van der Waals surface area contributed by atoms with Crippen LogP contribution in [0.25, 0.3) is 0 Å². The number of hydrogen-bond donors (Lipinski definition) is 0. The highest BCUT2D eigenvalue weighted by molar-refractivity contribution is 8.01.